The van der Waals surface area contributed by atoms with Crippen LogP contribution in [-0.2, 0) is 13.0 Å². The van der Waals surface area contributed by atoms with Gasteiger partial charge in [-0.3, -0.25) is 0 Å². The Morgan fingerprint density at radius 2 is 2.10 bits per heavy atom. The van der Waals surface area contributed by atoms with Crippen LogP contribution in [0.1, 0.15) is 22.2 Å². The number of aryl methyl sites for hydroxylation is 1. The fraction of sp³-hybridized carbons (Fsp3) is 0.200. The van der Waals surface area contributed by atoms with E-state index in [2.05, 4.69) is 34.7 Å². The van der Waals surface area contributed by atoms with Crippen LogP contribution in [0.3, 0.4) is 0 Å². The van der Waals surface area contributed by atoms with E-state index >= 15 is 0 Å². The van der Waals surface area contributed by atoms with E-state index in [4.69, 9.17) is 17.5 Å². The molecule has 0 aliphatic carbocycles. The van der Waals surface area contributed by atoms with Crippen molar-refractivity contribution in [3.05, 3.63) is 50.4 Å². The molecule has 0 saturated carbocycles. The predicted octanol–water partition coefficient (Wildman–Crippen LogP) is 4.24. The molecule has 0 spiro atoms. The van der Waals surface area contributed by atoms with Gasteiger partial charge in [0.25, 0.3) is 0 Å². The molecule has 0 fully saturated rings. The standard InChI is InChI=1S/C15H13N3S2/c1-2-11-6-7-12(20-11)9-18-13-5-3-4-10(8-16)14(13)17-15(18)19/h3-7H,2,9H2,1H3,(H,17,19). The number of imidazole rings is 1. The van der Waals surface area contributed by atoms with Crippen LogP contribution in [0.25, 0.3) is 11.0 Å². The SMILES string of the molecule is CCc1ccc(Cn2c(=S)[nH]c3c(C#N)cccc32)s1. The van der Waals surface area contributed by atoms with Crippen LogP contribution in [0.15, 0.2) is 30.3 Å². The molecule has 0 unspecified atom stereocenters. The molecular formula is C15H13N3S2. The molecule has 3 rings (SSSR count). The maximum absolute atomic E-state index is 9.15. The number of thiophene rings is 1. The van der Waals surface area contributed by atoms with Crippen molar-refractivity contribution in [1.29, 1.82) is 5.26 Å². The Bertz CT molecular complexity index is 861. The number of benzene rings is 1. The predicted molar refractivity (Wildman–Crippen MR) is 84.6 cm³/mol. The van der Waals surface area contributed by atoms with Crippen LogP contribution in [-0.4, -0.2) is 9.55 Å². The lowest BCUT2D eigenvalue weighted by atomic mass is 10.2. The lowest BCUT2D eigenvalue weighted by molar-refractivity contribution is 0.823. The van der Waals surface area contributed by atoms with Crippen LogP contribution in [0.4, 0.5) is 0 Å². The minimum atomic E-state index is 0.632. The van der Waals surface area contributed by atoms with Crippen LogP contribution < -0.4 is 0 Å². The largest absolute Gasteiger partial charge is 0.329 e. The first-order valence-corrected chi connectivity index (χ1v) is 7.64. The normalized spacial score (nSPS) is 10.8. The molecule has 0 atom stereocenters. The first kappa shape index (κ1) is 13.1. The zero-order valence-corrected chi connectivity index (χ0v) is 12.6. The third kappa shape index (κ3) is 2.17. The fourth-order valence-electron chi connectivity index (χ4n) is 2.28. The Morgan fingerprint density at radius 3 is 2.80 bits per heavy atom. The van der Waals surface area contributed by atoms with Crippen molar-refractivity contribution < 1.29 is 0 Å². The second-order valence-electron chi connectivity index (χ2n) is 4.55. The number of fused-ring (bicyclic) bond motifs is 1. The van der Waals surface area contributed by atoms with Gasteiger partial charge >= 0.3 is 0 Å². The average molecular weight is 299 g/mol. The number of nitrogens with one attached hydrogen (secondary N) is 1. The summed E-state index contributed by atoms with van der Waals surface area (Å²) in [7, 11) is 0. The number of hydrogen-bond acceptors (Lipinski definition) is 3. The van der Waals surface area contributed by atoms with Gasteiger partial charge in [0.05, 0.1) is 23.1 Å². The van der Waals surface area contributed by atoms with E-state index in [-0.39, 0.29) is 0 Å². The van der Waals surface area contributed by atoms with Crippen molar-refractivity contribution in [3.63, 3.8) is 0 Å². The number of para-hydroxylation sites is 1. The Kier molecular flexibility index (Phi) is 3.43. The van der Waals surface area contributed by atoms with Gasteiger partial charge in [0.1, 0.15) is 6.07 Å². The van der Waals surface area contributed by atoms with Gasteiger partial charge in [-0.2, -0.15) is 5.26 Å². The van der Waals surface area contributed by atoms with Crippen molar-refractivity contribution in [1.82, 2.24) is 9.55 Å². The molecule has 3 nitrogen and oxygen atoms in total. The molecule has 1 aromatic carbocycles. The number of rotatable bonds is 3. The Labute approximate surface area is 126 Å². The molecule has 100 valence electrons. The van der Waals surface area contributed by atoms with E-state index in [0.717, 1.165) is 24.0 Å². The minimum absolute atomic E-state index is 0.632. The quantitative estimate of drug-likeness (QED) is 0.735. The number of nitrogens with zero attached hydrogens (tertiary/aromatic N) is 2. The van der Waals surface area contributed by atoms with Gasteiger partial charge in [0.15, 0.2) is 4.77 Å². The van der Waals surface area contributed by atoms with Gasteiger partial charge in [0, 0.05) is 9.75 Å². The molecule has 2 aromatic heterocycles. The second kappa shape index (κ2) is 5.23. The summed E-state index contributed by atoms with van der Waals surface area (Å²) in [5, 5.41) is 9.15. The highest BCUT2D eigenvalue weighted by Gasteiger charge is 2.09. The van der Waals surface area contributed by atoms with E-state index in [9.17, 15) is 0 Å². The van der Waals surface area contributed by atoms with Crippen LogP contribution in [0.2, 0.25) is 0 Å². The first-order chi connectivity index (χ1) is 9.72. The Hall–Kier alpha value is -1.90. The highest BCUT2D eigenvalue weighted by Crippen LogP contribution is 2.22. The van der Waals surface area contributed by atoms with E-state index in [1.807, 2.05) is 23.5 Å². The van der Waals surface area contributed by atoms with E-state index in [0.29, 0.717) is 10.3 Å². The molecule has 2 heterocycles. The maximum Gasteiger partial charge on any atom is 0.178 e. The lowest BCUT2D eigenvalue weighted by Gasteiger charge is -2.02. The molecule has 0 bridgehead atoms. The van der Waals surface area contributed by atoms with Gasteiger partial charge in [0.2, 0.25) is 0 Å². The van der Waals surface area contributed by atoms with Gasteiger partial charge in [-0.15, -0.1) is 11.3 Å². The number of aromatic amines is 1. The number of H-pyrrole nitrogens is 1. The highest BCUT2D eigenvalue weighted by atomic mass is 32.1. The van der Waals surface area contributed by atoms with Crippen molar-refractivity contribution in [3.8, 4) is 6.07 Å². The molecule has 0 aliphatic heterocycles. The van der Waals surface area contributed by atoms with E-state index in [1.54, 1.807) is 6.07 Å². The molecule has 0 radical (unpaired) electrons. The molecule has 20 heavy (non-hydrogen) atoms. The summed E-state index contributed by atoms with van der Waals surface area (Å²) in [4.78, 5) is 5.81. The number of aromatic nitrogens is 2. The average Bonchev–Trinajstić information content (AvgIpc) is 3.04. The topological polar surface area (TPSA) is 44.5 Å². The molecule has 0 amide bonds. The molecule has 5 heteroatoms. The van der Waals surface area contributed by atoms with E-state index in [1.165, 1.54) is 9.75 Å². The second-order valence-corrected chi connectivity index (χ2v) is 6.19. The van der Waals surface area contributed by atoms with Gasteiger partial charge in [-0.25, -0.2) is 0 Å². The van der Waals surface area contributed by atoms with Crippen molar-refractivity contribution in [2.75, 3.05) is 0 Å². The van der Waals surface area contributed by atoms with Crippen LogP contribution in [0, 0.1) is 16.1 Å². The summed E-state index contributed by atoms with van der Waals surface area (Å²) in [6.07, 6.45) is 1.06. The molecule has 0 aliphatic rings. The number of hydrogen-bond donors (Lipinski definition) is 1. The minimum Gasteiger partial charge on any atom is -0.329 e. The summed E-state index contributed by atoms with van der Waals surface area (Å²) in [5.74, 6) is 0. The number of nitriles is 1. The van der Waals surface area contributed by atoms with Gasteiger partial charge in [-0.05, 0) is 42.9 Å². The maximum atomic E-state index is 9.15. The van der Waals surface area contributed by atoms with Crippen LogP contribution >= 0.6 is 23.6 Å². The zero-order valence-electron chi connectivity index (χ0n) is 11.0. The molecule has 1 N–H and O–H groups in total. The summed E-state index contributed by atoms with van der Waals surface area (Å²) in [6.45, 7) is 2.91. The molecule has 3 aromatic rings. The van der Waals surface area contributed by atoms with Gasteiger partial charge in [-0.1, -0.05) is 13.0 Å². The zero-order chi connectivity index (χ0) is 14.1. The summed E-state index contributed by atoms with van der Waals surface area (Å²) < 4.78 is 2.71. The third-order valence-electron chi connectivity index (χ3n) is 3.31. The monoisotopic (exact) mass is 299 g/mol. The smallest absolute Gasteiger partial charge is 0.178 e. The van der Waals surface area contributed by atoms with Crippen molar-refractivity contribution >= 4 is 34.6 Å². The van der Waals surface area contributed by atoms with Crippen molar-refractivity contribution in [2.45, 2.75) is 19.9 Å². The summed E-state index contributed by atoms with van der Waals surface area (Å²) in [5.41, 5.74) is 2.44. The van der Waals surface area contributed by atoms with E-state index < -0.39 is 0 Å². The van der Waals surface area contributed by atoms with Crippen molar-refractivity contribution in [2.24, 2.45) is 0 Å². The summed E-state index contributed by atoms with van der Waals surface area (Å²) >= 11 is 7.21. The highest BCUT2D eigenvalue weighted by molar-refractivity contribution is 7.71. The lowest BCUT2D eigenvalue weighted by Crippen LogP contribution is -1.97. The third-order valence-corrected chi connectivity index (χ3v) is 4.85. The molecular weight excluding hydrogens is 286 g/mol. The summed E-state index contributed by atoms with van der Waals surface area (Å²) in [6, 6.07) is 12.2. The van der Waals surface area contributed by atoms with Gasteiger partial charge < -0.3 is 9.55 Å². The molecule has 0 saturated heterocycles. The Morgan fingerprint density at radius 1 is 1.30 bits per heavy atom. The Balaban J connectivity index is 2.10. The van der Waals surface area contributed by atoms with Crippen LogP contribution in [0.5, 0.6) is 0 Å². The fourth-order valence-corrected chi connectivity index (χ4v) is 3.50. The first-order valence-electron chi connectivity index (χ1n) is 6.42.